The summed E-state index contributed by atoms with van der Waals surface area (Å²) in [5, 5.41) is 3.35. The highest BCUT2D eigenvalue weighted by molar-refractivity contribution is 7.92. The Bertz CT molecular complexity index is 1170. The molecule has 9 nitrogen and oxygen atoms in total. The minimum atomic E-state index is -3.85. The Morgan fingerprint density at radius 2 is 1.66 bits per heavy atom. The van der Waals surface area contributed by atoms with Gasteiger partial charge in [0.1, 0.15) is 25.8 Å². The molecule has 0 aromatic heterocycles. The maximum Gasteiger partial charge on any atom is 0.244 e. The van der Waals surface area contributed by atoms with E-state index in [4.69, 9.17) is 21.1 Å². The zero-order valence-electron chi connectivity index (χ0n) is 20.2. The fourth-order valence-corrected chi connectivity index (χ4v) is 4.54. The van der Waals surface area contributed by atoms with Gasteiger partial charge in [0.2, 0.25) is 21.8 Å². The molecule has 0 saturated carbocycles. The predicted molar refractivity (Wildman–Crippen MR) is 134 cm³/mol. The monoisotopic (exact) mass is 523 g/mol. The maximum atomic E-state index is 13.5. The number of halogens is 1. The lowest BCUT2D eigenvalue weighted by Crippen LogP contribution is -2.52. The summed E-state index contributed by atoms with van der Waals surface area (Å²) in [6, 6.07) is 10.6. The number of ether oxygens (including phenoxy) is 2. The van der Waals surface area contributed by atoms with E-state index in [-0.39, 0.29) is 24.2 Å². The van der Waals surface area contributed by atoms with E-state index in [1.54, 1.807) is 43.3 Å². The summed E-state index contributed by atoms with van der Waals surface area (Å²) >= 11 is 5.98. The van der Waals surface area contributed by atoms with Crippen molar-refractivity contribution >= 4 is 39.1 Å². The van der Waals surface area contributed by atoms with Crippen molar-refractivity contribution in [3.63, 3.8) is 0 Å². The molecule has 0 fully saturated rings. The molecule has 1 N–H and O–H groups in total. The van der Waals surface area contributed by atoms with Crippen LogP contribution in [0.3, 0.4) is 0 Å². The van der Waals surface area contributed by atoms with Gasteiger partial charge in [0, 0.05) is 23.7 Å². The minimum absolute atomic E-state index is 0.0986. The summed E-state index contributed by atoms with van der Waals surface area (Å²) in [6.45, 7) is 5.60. The predicted octanol–water partition coefficient (Wildman–Crippen LogP) is 2.82. The van der Waals surface area contributed by atoms with E-state index in [0.717, 1.165) is 16.1 Å². The van der Waals surface area contributed by atoms with E-state index >= 15 is 0 Å². The first-order valence-corrected chi connectivity index (χ1v) is 13.4. The summed E-state index contributed by atoms with van der Waals surface area (Å²) in [6.07, 6.45) is 1.02. The molecule has 1 atom stereocenters. The van der Waals surface area contributed by atoms with Gasteiger partial charge in [0.05, 0.1) is 11.9 Å². The van der Waals surface area contributed by atoms with Crippen molar-refractivity contribution in [2.75, 3.05) is 30.3 Å². The van der Waals surface area contributed by atoms with Crippen LogP contribution in [-0.2, 0) is 26.2 Å². The zero-order chi connectivity index (χ0) is 25.8. The van der Waals surface area contributed by atoms with E-state index in [0.29, 0.717) is 29.7 Å². The summed E-state index contributed by atoms with van der Waals surface area (Å²) in [7, 11) is -3.85. The van der Waals surface area contributed by atoms with E-state index in [9.17, 15) is 18.0 Å². The number of hydrogen-bond donors (Lipinski definition) is 1. The average Bonchev–Trinajstić information content (AvgIpc) is 2.80. The van der Waals surface area contributed by atoms with Crippen LogP contribution in [0.5, 0.6) is 11.5 Å². The van der Waals surface area contributed by atoms with Gasteiger partial charge in [0.15, 0.2) is 11.5 Å². The lowest BCUT2D eigenvalue weighted by atomic mass is 10.1. The van der Waals surface area contributed by atoms with E-state index < -0.39 is 28.5 Å². The topological polar surface area (TPSA) is 105 Å². The quantitative estimate of drug-likeness (QED) is 0.542. The first kappa shape index (κ1) is 26.6. The van der Waals surface area contributed by atoms with Gasteiger partial charge in [-0.2, -0.15) is 0 Å². The first-order valence-electron chi connectivity index (χ1n) is 11.2. The molecule has 1 aliphatic rings. The zero-order valence-corrected chi connectivity index (χ0v) is 21.7. The van der Waals surface area contributed by atoms with Gasteiger partial charge in [0.25, 0.3) is 0 Å². The molecule has 0 aliphatic carbocycles. The molecule has 0 bridgehead atoms. The number of anilines is 1. The Hall–Kier alpha value is -2.98. The largest absolute Gasteiger partial charge is 0.486 e. The van der Waals surface area contributed by atoms with Gasteiger partial charge in [-0.1, -0.05) is 23.7 Å². The third kappa shape index (κ3) is 7.02. The molecule has 2 amide bonds. The lowest BCUT2D eigenvalue weighted by molar-refractivity contribution is -0.139. The van der Waals surface area contributed by atoms with Crippen molar-refractivity contribution in [3.8, 4) is 11.5 Å². The molecule has 0 unspecified atom stereocenters. The number of amides is 2. The van der Waals surface area contributed by atoms with Gasteiger partial charge in [-0.25, -0.2) is 8.42 Å². The van der Waals surface area contributed by atoms with E-state index in [1.807, 2.05) is 13.8 Å². The second-order valence-electron chi connectivity index (χ2n) is 8.58. The third-order valence-corrected chi connectivity index (χ3v) is 6.75. The van der Waals surface area contributed by atoms with Crippen LogP contribution in [0.2, 0.25) is 5.02 Å². The van der Waals surface area contributed by atoms with Crippen LogP contribution in [0, 0.1) is 0 Å². The van der Waals surface area contributed by atoms with Crippen molar-refractivity contribution in [3.05, 3.63) is 53.1 Å². The van der Waals surface area contributed by atoms with Crippen LogP contribution in [0.1, 0.15) is 26.3 Å². The fraction of sp³-hybridized carbons (Fsp3) is 0.417. The summed E-state index contributed by atoms with van der Waals surface area (Å²) in [4.78, 5) is 27.6. The molecule has 190 valence electrons. The normalized spacial score (nSPS) is 13.8. The molecular formula is C24H30ClN3O6S. The number of nitrogens with one attached hydrogen (secondary N) is 1. The Kier molecular flexibility index (Phi) is 8.50. The van der Waals surface area contributed by atoms with Crippen LogP contribution in [0.25, 0.3) is 0 Å². The molecule has 2 aromatic rings. The summed E-state index contributed by atoms with van der Waals surface area (Å²) in [5.74, 6) is 0.0277. The van der Waals surface area contributed by atoms with Crippen LogP contribution < -0.4 is 19.1 Å². The second kappa shape index (κ2) is 11.2. The number of nitrogens with zero attached hydrogens (tertiary/aromatic N) is 2. The maximum absolute atomic E-state index is 13.5. The number of benzene rings is 2. The molecule has 1 aliphatic heterocycles. The van der Waals surface area contributed by atoms with Gasteiger partial charge >= 0.3 is 0 Å². The third-order valence-electron chi connectivity index (χ3n) is 5.36. The number of carbonyl (C=O) groups is 2. The van der Waals surface area contributed by atoms with Crippen molar-refractivity contribution in [1.29, 1.82) is 0 Å². The molecule has 1 heterocycles. The van der Waals surface area contributed by atoms with Crippen LogP contribution >= 0.6 is 11.6 Å². The summed E-state index contributed by atoms with van der Waals surface area (Å²) in [5.41, 5.74) is 1.01. The van der Waals surface area contributed by atoms with Crippen molar-refractivity contribution in [2.24, 2.45) is 0 Å². The number of hydrogen-bond acceptors (Lipinski definition) is 6. The highest BCUT2D eigenvalue weighted by atomic mass is 35.5. The smallest absolute Gasteiger partial charge is 0.244 e. The molecule has 0 radical (unpaired) electrons. The molecule has 35 heavy (non-hydrogen) atoms. The van der Waals surface area contributed by atoms with Gasteiger partial charge in [-0.15, -0.1) is 0 Å². The fourth-order valence-electron chi connectivity index (χ4n) is 3.58. The Morgan fingerprint density at radius 1 is 1.03 bits per heavy atom. The van der Waals surface area contributed by atoms with Crippen molar-refractivity contribution in [2.45, 2.75) is 39.4 Å². The molecule has 3 rings (SSSR count). The highest BCUT2D eigenvalue weighted by Gasteiger charge is 2.31. The molecule has 0 saturated heterocycles. The minimum Gasteiger partial charge on any atom is -0.486 e. The number of sulfonamides is 1. The first-order chi connectivity index (χ1) is 16.5. The number of carbonyl (C=O) groups excluding carboxylic acids is 2. The molecule has 2 aromatic carbocycles. The number of rotatable bonds is 9. The second-order valence-corrected chi connectivity index (χ2v) is 10.9. The van der Waals surface area contributed by atoms with Crippen LogP contribution in [-0.4, -0.2) is 63.2 Å². The SMILES string of the molecule is CC(C)NC(=O)[C@@H](C)N(Cc1ccc(Cl)cc1)C(=O)CN(c1ccc2c(c1)OCCO2)S(C)(=O)=O. The Balaban J connectivity index is 1.91. The van der Waals surface area contributed by atoms with Crippen LogP contribution in [0.4, 0.5) is 5.69 Å². The van der Waals surface area contributed by atoms with Gasteiger partial charge in [-0.3, -0.25) is 13.9 Å². The number of fused-ring (bicyclic) bond motifs is 1. The summed E-state index contributed by atoms with van der Waals surface area (Å²) < 4.78 is 37.5. The Labute approximate surface area is 211 Å². The van der Waals surface area contributed by atoms with Crippen molar-refractivity contribution in [1.82, 2.24) is 10.2 Å². The Morgan fingerprint density at radius 3 is 2.26 bits per heavy atom. The molecular weight excluding hydrogens is 494 g/mol. The van der Waals surface area contributed by atoms with Crippen molar-refractivity contribution < 1.29 is 27.5 Å². The molecule has 0 spiro atoms. The van der Waals surface area contributed by atoms with E-state index in [1.165, 1.54) is 11.0 Å². The molecule has 11 heteroatoms. The standard InChI is InChI=1S/C24H30ClN3O6S/c1-16(2)26-24(30)17(3)27(14-18-5-7-19(25)8-6-18)23(29)15-28(35(4,31)32)20-9-10-21-22(13-20)34-12-11-33-21/h5-10,13,16-17H,11-12,14-15H2,1-4H3,(H,26,30)/t17-/m1/s1. The van der Waals surface area contributed by atoms with Gasteiger partial charge < -0.3 is 19.7 Å². The lowest BCUT2D eigenvalue weighted by Gasteiger charge is -2.32. The van der Waals surface area contributed by atoms with Gasteiger partial charge in [-0.05, 0) is 50.6 Å². The van der Waals surface area contributed by atoms with E-state index in [2.05, 4.69) is 5.32 Å². The average molecular weight is 524 g/mol. The van der Waals surface area contributed by atoms with Crippen LogP contribution in [0.15, 0.2) is 42.5 Å². The highest BCUT2D eigenvalue weighted by Crippen LogP contribution is 2.34.